The molecule has 1 aliphatic rings. The number of benzene rings is 1. The highest BCUT2D eigenvalue weighted by atomic mass is 35.5. The largest absolute Gasteiger partial charge is 0.324 e. The first-order chi connectivity index (χ1) is 11.5. The molecule has 0 bridgehead atoms. The molecule has 0 radical (unpaired) electrons. The standard InChI is InChI=1S/C17H21Cl2N3O2/c1-11(21-22-17(24)12-5-3-2-4-6-12)9-16(23)20-15-8-7-13(18)10-14(15)19/h7-8,10,12H,2-6,9H2,1H3,(H,20,23)(H,22,24)/b21-11+. The van der Waals surface area contributed by atoms with Crippen LogP contribution in [0.25, 0.3) is 0 Å². The highest BCUT2D eigenvalue weighted by Gasteiger charge is 2.20. The Bertz CT molecular complexity index is 641. The van der Waals surface area contributed by atoms with Gasteiger partial charge >= 0.3 is 0 Å². The number of carbonyl (C=O) groups is 2. The van der Waals surface area contributed by atoms with E-state index in [0.29, 0.717) is 21.4 Å². The molecule has 1 aromatic rings. The van der Waals surface area contributed by atoms with E-state index in [-0.39, 0.29) is 24.2 Å². The number of nitrogens with zero attached hydrogens (tertiary/aromatic N) is 1. The summed E-state index contributed by atoms with van der Waals surface area (Å²) in [5.74, 6) is -0.278. The van der Waals surface area contributed by atoms with Gasteiger partial charge in [-0.1, -0.05) is 42.5 Å². The molecule has 0 unspecified atom stereocenters. The van der Waals surface area contributed by atoms with Gasteiger partial charge in [-0.3, -0.25) is 9.59 Å². The van der Waals surface area contributed by atoms with Crippen LogP contribution >= 0.6 is 23.2 Å². The number of rotatable bonds is 5. The molecule has 0 aromatic heterocycles. The Hall–Kier alpha value is -1.59. The Balaban J connectivity index is 1.82. The summed E-state index contributed by atoms with van der Waals surface area (Å²) in [6.07, 6.45) is 5.27. The van der Waals surface area contributed by atoms with Gasteiger partial charge in [0.1, 0.15) is 0 Å². The number of nitrogens with one attached hydrogen (secondary N) is 2. The van der Waals surface area contributed by atoms with Crippen LogP contribution in [0.3, 0.4) is 0 Å². The van der Waals surface area contributed by atoms with Gasteiger partial charge in [-0.05, 0) is 38.0 Å². The molecule has 1 aliphatic carbocycles. The summed E-state index contributed by atoms with van der Waals surface area (Å²) in [5, 5.41) is 7.59. The highest BCUT2D eigenvalue weighted by molar-refractivity contribution is 6.36. The molecule has 24 heavy (non-hydrogen) atoms. The van der Waals surface area contributed by atoms with Crippen molar-refractivity contribution in [3.05, 3.63) is 28.2 Å². The predicted octanol–water partition coefficient (Wildman–Crippen LogP) is 4.39. The van der Waals surface area contributed by atoms with E-state index in [2.05, 4.69) is 15.8 Å². The van der Waals surface area contributed by atoms with Crippen molar-refractivity contribution in [2.75, 3.05) is 5.32 Å². The second-order valence-electron chi connectivity index (χ2n) is 6.01. The summed E-state index contributed by atoms with van der Waals surface area (Å²) in [6, 6.07) is 4.85. The van der Waals surface area contributed by atoms with Crippen LogP contribution in [0.4, 0.5) is 5.69 Å². The minimum atomic E-state index is -0.257. The Kier molecular flexibility index (Phi) is 7.06. The van der Waals surface area contributed by atoms with Crippen molar-refractivity contribution in [2.45, 2.75) is 45.4 Å². The number of amides is 2. The van der Waals surface area contributed by atoms with Crippen molar-refractivity contribution < 1.29 is 9.59 Å². The third-order valence-electron chi connectivity index (χ3n) is 3.95. The summed E-state index contributed by atoms with van der Waals surface area (Å²) in [5.41, 5.74) is 3.59. The molecule has 2 N–H and O–H groups in total. The first-order valence-corrected chi connectivity index (χ1v) is 8.79. The quantitative estimate of drug-likeness (QED) is 0.596. The fourth-order valence-corrected chi connectivity index (χ4v) is 3.12. The molecule has 1 saturated carbocycles. The first kappa shape index (κ1) is 18.7. The molecular formula is C17H21Cl2N3O2. The molecule has 0 atom stereocenters. The van der Waals surface area contributed by atoms with E-state index in [0.717, 1.165) is 25.7 Å². The maximum atomic E-state index is 12.0. The molecule has 5 nitrogen and oxygen atoms in total. The molecule has 0 aliphatic heterocycles. The lowest BCUT2D eigenvalue weighted by Gasteiger charge is -2.19. The highest BCUT2D eigenvalue weighted by Crippen LogP contribution is 2.25. The summed E-state index contributed by atoms with van der Waals surface area (Å²) in [7, 11) is 0. The maximum absolute atomic E-state index is 12.0. The van der Waals surface area contributed by atoms with E-state index >= 15 is 0 Å². The third-order valence-corrected chi connectivity index (χ3v) is 4.50. The van der Waals surface area contributed by atoms with Gasteiger partial charge < -0.3 is 5.32 Å². The lowest BCUT2D eigenvalue weighted by Crippen LogP contribution is -2.29. The van der Waals surface area contributed by atoms with Gasteiger partial charge in [-0.2, -0.15) is 5.10 Å². The zero-order valence-electron chi connectivity index (χ0n) is 13.6. The second kappa shape index (κ2) is 9.04. The average Bonchev–Trinajstić information content (AvgIpc) is 2.56. The molecule has 130 valence electrons. The molecule has 7 heteroatoms. The second-order valence-corrected chi connectivity index (χ2v) is 6.85. The molecule has 0 saturated heterocycles. The Morgan fingerprint density at radius 3 is 2.58 bits per heavy atom. The third kappa shape index (κ3) is 5.80. The average molecular weight is 370 g/mol. The van der Waals surface area contributed by atoms with Crippen LogP contribution in [0.1, 0.15) is 45.4 Å². The zero-order valence-corrected chi connectivity index (χ0v) is 15.1. The molecular weight excluding hydrogens is 349 g/mol. The van der Waals surface area contributed by atoms with E-state index in [9.17, 15) is 9.59 Å². The van der Waals surface area contributed by atoms with Crippen molar-refractivity contribution in [1.82, 2.24) is 5.43 Å². The molecule has 2 rings (SSSR count). The number of hydrazone groups is 1. The minimum Gasteiger partial charge on any atom is -0.324 e. The van der Waals surface area contributed by atoms with Gasteiger partial charge in [-0.25, -0.2) is 5.43 Å². The van der Waals surface area contributed by atoms with Crippen LogP contribution in [0.2, 0.25) is 10.0 Å². The van der Waals surface area contributed by atoms with E-state index in [1.165, 1.54) is 6.42 Å². The van der Waals surface area contributed by atoms with Gasteiger partial charge in [-0.15, -0.1) is 0 Å². The van der Waals surface area contributed by atoms with Gasteiger partial charge in [0.05, 0.1) is 17.1 Å². The van der Waals surface area contributed by atoms with Gasteiger partial charge in [0.2, 0.25) is 11.8 Å². The molecule has 0 spiro atoms. The van der Waals surface area contributed by atoms with Crippen LogP contribution in [0.5, 0.6) is 0 Å². The summed E-state index contributed by atoms with van der Waals surface area (Å²) < 4.78 is 0. The lowest BCUT2D eigenvalue weighted by atomic mass is 9.89. The SMILES string of the molecule is C/C(CC(=O)Nc1ccc(Cl)cc1Cl)=N\NC(=O)C1CCCCC1. The Morgan fingerprint density at radius 1 is 1.21 bits per heavy atom. The molecule has 1 aromatic carbocycles. The summed E-state index contributed by atoms with van der Waals surface area (Å²) >= 11 is 11.8. The number of halogens is 2. The summed E-state index contributed by atoms with van der Waals surface area (Å²) in [4.78, 5) is 24.0. The molecule has 0 heterocycles. The van der Waals surface area contributed by atoms with E-state index in [1.807, 2.05) is 0 Å². The minimum absolute atomic E-state index is 0.0389. The lowest BCUT2D eigenvalue weighted by molar-refractivity contribution is -0.126. The molecule has 2 amide bonds. The number of anilines is 1. The van der Waals surface area contributed by atoms with Crippen LogP contribution in [-0.2, 0) is 9.59 Å². The van der Waals surface area contributed by atoms with Gasteiger partial charge in [0.25, 0.3) is 0 Å². The van der Waals surface area contributed by atoms with Crippen molar-refractivity contribution >= 4 is 46.4 Å². The number of hydrogen-bond donors (Lipinski definition) is 2. The fourth-order valence-electron chi connectivity index (χ4n) is 2.66. The predicted molar refractivity (Wildman–Crippen MR) is 97.5 cm³/mol. The van der Waals surface area contributed by atoms with Crippen molar-refractivity contribution in [1.29, 1.82) is 0 Å². The van der Waals surface area contributed by atoms with Crippen LogP contribution in [0, 0.1) is 5.92 Å². The smallest absolute Gasteiger partial charge is 0.243 e. The number of carbonyl (C=O) groups excluding carboxylic acids is 2. The van der Waals surface area contributed by atoms with Crippen LogP contribution < -0.4 is 10.7 Å². The first-order valence-electron chi connectivity index (χ1n) is 8.03. The van der Waals surface area contributed by atoms with Gasteiger partial charge in [0.15, 0.2) is 0 Å². The Morgan fingerprint density at radius 2 is 1.92 bits per heavy atom. The van der Waals surface area contributed by atoms with E-state index in [1.54, 1.807) is 25.1 Å². The van der Waals surface area contributed by atoms with Crippen molar-refractivity contribution in [3.8, 4) is 0 Å². The van der Waals surface area contributed by atoms with E-state index in [4.69, 9.17) is 23.2 Å². The fraction of sp³-hybridized carbons (Fsp3) is 0.471. The van der Waals surface area contributed by atoms with Crippen molar-refractivity contribution in [2.24, 2.45) is 11.0 Å². The maximum Gasteiger partial charge on any atom is 0.243 e. The van der Waals surface area contributed by atoms with Gasteiger partial charge in [0, 0.05) is 16.7 Å². The topological polar surface area (TPSA) is 70.6 Å². The van der Waals surface area contributed by atoms with Crippen LogP contribution in [-0.4, -0.2) is 17.5 Å². The van der Waals surface area contributed by atoms with Crippen LogP contribution in [0.15, 0.2) is 23.3 Å². The Labute approximate surface area is 151 Å². The van der Waals surface area contributed by atoms with Crippen molar-refractivity contribution in [3.63, 3.8) is 0 Å². The molecule has 1 fully saturated rings. The van der Waals surface area contributed by atoms with E-state index < -0.39 is 0 Å². The zero-order chi connectivity index (χ0) is 17.5. The normalized spacial score (nSPS) is 15.9. The monoisotopic (exact) mass is 369 g/mol. The number of hydrogen-bond acceptors (Lipinski definition) is 3. The summed E-state index contributed by atoms with van der Waals surface area (Å²) in [6.45, 7) is 1.70.